The summed E-state index contributed by atoms with van der Waals surface area (Å²) in [6.45, 7) is 1.89. The first-order valence-electron chi connectivity index (χ1n) is 7.95. The van der Waals surface area contributed by atoms with Crippen molar-refractivity contribution in [3.63, 3.8) is 0 Å². The van der Waals surface area contributed by atoms with Crippen LogP contribution in [0.25, 0.3) is 0 Å². The number of nitrogens with zero attached hydrogens (tertiary/aromatic N) is 2. The summed E-state index contributed by atoms with van der Waals surface area (Å²) in [5.41, 5.74) is 0.241. The van der Waals surface area contributed by atoms with Crippen molar-refractivity contribution in [2.75, 3.05) is 57.3 Å². The second-order valence-electron chi connectivity index (χ2n) is 4.92. The lowest BCUT2D eigenvalue weighted by atomic mass is 10.2. The predicted octanol–water partition coefficient (Wildman–Crippen LogP) is 0.258. The zero-order chi connectivity index (χ0) is 17.6. The van der Waals surface area contributed by atoms with Gasteiger partial charge in [0.25, 0.3) is 0 Å². The van der Waals surface area contributed by atoms with Crippen LogP contribution in [-0.2, 0) is 9.47 Å². The Hall–Kier alpha value is -1.97. The number of aliphatic hydroxyl groups excluding tert-OH is 2. The second kappa shape index (κ2) is 12.5. The molecule has 0 saturated carbocycles. The van der Waals surface area contributed by atoms with Crippen LogP contribution in [-0.4, -0.2) is 72.8 Å². The summed E-state index contributed by atoms with van der Waals surface area (Å²) < 4.78 is 9.88. The third-order valence-corrected chi connectivity index (χ3v) is 3.09. The topological polar surface area (TPSA) is 126 Å². The van der Waals surface area contributed by atoms with E-state index in [2.05, 4.69) is 20.6 Å². The van der Waals surface area contributed by atoms with Crippen molar-refractivity contribution in [1.29, 1.82) is 0 Å². The molecule has 0 aromatic carbocycles. The minimum Gasteiger partial charge on any atom is -0.465 e. The minimum atomic E-state index is -0.525. The molecule has 1 heterocycles. The first-order chi connectivity index (χ1) is 11.7. The molecule has 0 amide bonds. The largest absolute Gasteiger partial charge is 0.465 e. The monoisotopic (exact) mass is 342 g/mol. The molecule has 9 nitrogen and oxygen atoms in total. The van der Waals surface area contributed by atoms with Gasteiger partial charge in [-0.15, -0.1) is 0 Å². The van der Waals surface area contributed by atoms with Crippen molar-refractivity contribution in [2.45, 2.75) is 19.3 Å². The lowest BCUT2D eigenvalue weighted by molar-refractivity contribution is 0.0601. The van der Waals surface area contributed by atoms with Gasteiger partial charge < -0.3 is 30.3 Å². The molecule has 0 aliphatic rings. The molecular formula is C15H26N4O5. The van der Waals surface area contributed by atoms with Gasteiger partial charge in [0.15, 0.2) is 0 Å². The predicted molar refractivity (Wildman–Crippen MR) is 89.2 cm³/mol. The fourth-order valence-corrected chi connectivity index (χ4v) is 1.88. The Balaban J connectivity index is 2.61. The highest BCUT2D eigenvalue weighted by atomic mass is 16.5. The fourth-order valence-electron chi connectivity index (χ4n) is 1.88. The van der Waals surface area contributed by atoms with Gasteiger partial charge in [0.05, 0.1) is 26.9 Å². The van der Waals surface area contributed by atoms with E-state index in [1.807, 2.05) is 0 Å². The summed E-state index contributed by atoms with van der Waals surface area (Å²) in [5.74, 6) is 0.246. The second-order valence-corrected chi connectivity index (χ2v) is 4.92. The summed E-state index contributed by atoms with van der Waals surface area (Å²) in [7, 11) is 1.30. The molecule has 9 heteroatoms. The SMILES string of the molecule is COC(=O)c1cnc(NCCCCCO)nc1NCCOCCO. The van der Waals surface area contributed by atoms with E-state index >= 15 is 0 Å². The first-order valence-corrected chi connectivity index (χ1v) is 7.95. The average Bonchev–Trinajstić information content (AvgIpc) is 2.61. The first kappa shape index (κ1) is 20.1. The number of aromatic nitrogens is 2. The number of carbonyl (C=O) groups excluding carboxylic acids is 1. The van der Waals surface area contributed by atoms with Crippen LogP contribution in [0.1, 0.15) is 29.6 Å². The Morgan fingerprint density at radius 1 is 1.12 bits per heavy atom. The number of unbranched alkanes of at least 4 members (excludes halogenated alkanes) is 2. The van der Waals surface area contributed by atoms with Crippen LogP contribution in [0.3, 0.4) is 0 Å². The number of aliphatic hydroxyl groups is 2. The summed E-state index contributed by atoms with van der Waals surface area (Å²) >= 11 is 0. The van der Waals surface area contributed by atoms with E-state index in [-0.39, 0.29) is 25.4 Å². The van der Waals surface area contributed by atoms with Crippen molar-refractivity contribution in [3.8, 4) is 0 Å². The lowest BCUT2D eigenvalue weighted by Gasteiger charge is -2.12. The van der Waals surface area contributed by atoms with E-state index < -0.39 is 5.97 Å². The molecule has 1 rings (SSSR count). The van der Waals surface area contributed by atoms with Crippen molar-refractivity contribution in [2.24, 2.45) is 0 Å². The number of methoxy groups -OCH3 is 1. The van der Waals surface area contributed by atoms with E-state index in [4.69, 9.17) is 19.7 Å². The molecule has 0 unspecified atom stereocenters. The van der Waals surface area contributed by atoms with Crippen molar-refractivity contribution in [1.82, 2.24) is 9.97 Å². The highest BCUT2D eigenvalue weighted by molar-refractivity contribution is 5.94. The maximum atomic E-state index is 11.8. The molecule has 0 aliphatic heterocycles. The normalized spacial score (nSPS) is 10.5. The molecule has 0 aliphatic carbocycles. The summed E-state index contributed by atoms with van der Waals surface area (Å²) in [5, 5.41) is 23.5. The third-order valence-electron chi connectivity index (χ3n) is 3.09. The maximum Gasteiger partial charge on any atom is 0.343 e. The van der Waals surface area contributed by atoms with Gasteiger partial charge in [-0.3, -0.25) is 0 Å². The van der Waals surface area contributed by atoms with Gasteiger partial charge in [-0.2, -0.15) is 4.98 Å². The van der Waals surface area contributed by atoms with Gasteiger partial charge >= 0.3 is 5.97 Å². The number of carbonyl (C=O) groups is 1. The molecular weight excluding hydrogens is 316 g/mol. The van der Waals surface area contributed by atoms with E-state index in [0.717, 1.165) is 19.3 Å². The molecule has 0 fully saturated rings. The minimum absolute atomic E-state index is 0.0364. The number of rotatable bonds is 13. The summed E-state index contributed by atoms with van der Waals surface area (Å²) in [4.78, 5) is 20.2. The van der Waals surface area contributed by atoms with E-state index in [9.17, 15) is 4.79 Å². The van der Waals surface area contributed by atoms with Crippen LogP contribution in [0.5, 0.6) is 0 Å². The van der Waals surface area contributed by atoms with Crippen molar-refractivity contribution in [3.05, 3.63) is 11.8 Å². The number of hydrogen-bond donors (Lipinski definition) is 4. The third kappa shape index (κ3) is 7.53. The smallest absolute Gasteiger partial charge is 0.343 e. The molecule has 136 valence electrons. The van der Waals surface area contributed by atoms with Crippen LogP contribution in [0.4, 0.5) is 11.8 Å². The fraction of sp³-hybridized carbons (Fsp3) is 0.667. The highest BCUT2D eigenvalue weighted by Gasteiger charge is 2.15. The molecule has 0 bridgehead atoms. The van der Waals surface area contributed by atoms with Gasteiger partial charge in [-0.05, 0) is 19.3 Å². The van der Waals surface area contributed by atoms with E-state index in [1.54, 1.807) is 0 Å². The lowest BCUT2D eigenvalue weighted by Crippen LogP contribution is -2.17. The molecule has 24 heavy (non-hydrogen) atoms. The number of ether oxygens (including phenoxy) is 2. The van der Waals surface area contributed by atoms with Crippen LogP contribution >= 0.6 is 0 Å². The molecule has 1 aromatic heterocycles. The zero-order valence-electron chi connectivity index (χ0n) is 14.0. The Morgan fingerprint density at radius 2 is 1.96 bits per heavy atom. The summed E-state index contributed by atoms with van der Waals surface area (Å²) in [6.07, 6.45) is 3.98. The Labute approximate surface area is 141 Å². The van der Waals surface area contributed by atoms with Crippen molar-refractivity contribution < 1.29 is 24.5 Å². The standard InChI is InChI=1S/C15H26N4O5/c1-23-14(22)12-11-18-15(17-5-3-2-4-7-20)19-13(12)16-6-9-24-10-8-21/h11,20-21H,2-10H2,1H3,(H2,16,17,18,19). The molecule has 0 atom stereocenters. The van der Waals surface area contributed by atoms with Crippen LogP contribution in [0.2, 0.25) is 0 Å². The van der Waals surface area contributed by atoms with Crippen LogP contribution in [0, 0.1) is 0 Å². The average molecular weight is 342 g/mol. The summed E-state index contributed by atoms with van der Waals surface area (Å²) in [6, 6.07) is 0. The molecule has 0 saturated heterocycles. The number of hydrogen-bond acceptors (Lipinski definition) is 9. The Kier molecular flexibility index (Phi) is 10.4. The van der Waals surface area contributed by atoms with E-state index in [0.29, 0.717) is 31.5 Å². The van der Waals surface area contributed by atoms with Crippen LogP contribution < -0.4 is 10.6 Å². The Bertz CT molecular complexity index is 487. The Morgan fingerprint density at radius 3 is 2.67 bits per heavy atom. The highest BCUT2D eigenvalue weighted by Crippen LogP contribution is 2.15. The van der Waals surface area contributed by atoms with Gasteiger partial charge in [-0.1, -0.05) is 0 Å². The van der Waals surface area contributed by atoms with Crippen LogP contribution in [0.15, 0.2) is 6.20 Å². The molecule has 0 spiro atoms. The van der Waals surface area contributed by atoms with Gasteiger partial charge in [-0.25, -0.2) is 9.78 Å². The zero-order valence-corrected chi connectivity index (χ0v) is 14.0. The van der Waals surface area contributed by atoms with E-state index in [1.165, 1.54) is 13.3 Å². The maximum absolute atomic E-state index is 11.8. The quantitative estimate of drug-likeness (QED) is 0.295. The van der Waals surface area contributed by atoms with Gasteiger partial charge in [0, 0.05) is 25.9 Å². The number of anilines is 2. The molecule has 4 N–H and O–H groups in total. The number of esters is 1. The molecule has 0 radical (unpaired) electrons. The van der Waals surface area contributed by atoms with Gasteiger partial charge in [0.2, 0.25) is 5.95 Å². The van der Waals surface area contributed by atoms with Gasteiger partial charge in [0.1, 0.15) is 11.4 Å². The molecule has 1 aromatic rings. The van der Waals surface area contributed by atoms with Crippen molar-refractivity contribution >= 4 is 17.7 Å². The number of nitrogens with one attached hydrogen (secondary N) is 2.